The van der Waals surface area contributed by atoms with Gasteiger partial charge in [0.1, 0.15) is 5.01 Å². The third-order valence-electron chi connectivity index (χ3n) is 4.16. The van der Waals surface area contributed by atoms with Crippen molar-refractivity contribution in [3.05, 3.63) is 40.9 Å². The summed E-state index contributed by atoms with van der Waals surface area (Å²) in [5, 5.41) is 3.28. The smallest absolute Gasteiger partial charge is 0.123 e. The summed E-state index contributed by atoms with van der Waals surface area (Å²) in [6.07, 6.45) is 1.09. The number of hydrogen-bond acceptors (Lipinski definition) is 4. The molecule has 2 unspecified atom stereocenters. The molecule has 1 saturated heterocycles. The van der Waals surface area contributed by atoms with Crippen LogP contribution in [0.2, 0.25) is 0 Å². The Balaban J connectivity index is 1.72. The van der Waals surface area contributed by atoms with Crippen LogP contribution in [0.3, 0.4) is 0 Å². The zero-order valence-corrected chi connectivity index (χ0v) is 12.9. The van der Waals surface area contributed by atoms with Gasteiger partial charge in [-0.2, -0.15) is 0 Å². The Morgan fingerprint density at radius 1 is 1.35 bits per heavy atom. The second-order valence-electron chi connectivity index (χ2n) is 5.67. The Morgan fingerprint density at radius 2 is 2.10 bits per heavy atom. The molecule has 0 saturated carbocycles. The molecule has 1 aromatic carbocycles. The van der Waals surface area contributed by atoms with Crippen molar-refractivity contribution in [1.82, 2.24) is 9.88 Å². The standard InChI is InChI=1S/C16H21N3S/c1-11-3-5-13(6-4-11)16-18-14(10-20-16)9-19-8-7-15(17)12(19)2/h3-6,10,12,15H,7-9,17H2,1-2H3. The Kier molecular flexibility index (Phi) is 3.87. The predicted molar refractivity (Wildman–Crippen MR) is 84.8 cm³/mol. The molecule has 1 aliphatic heterocycles. The lowest BCUT2D eigenvalue weighted by Crippen LogP contribution is -2.36. The Hall–Kier alpha value is -1.23. The third kappa shape index (κ3) is 2.77. The zero-order chi connectivity index (χ0) is 14.1. The topological polar surface area (TPSA) is 42.2 Å². The molecular formula is C16H21N3S. The average Bonchev–Trinajstić information content (AvgIpc) is 3.02. The molecule has 0 aliphatic carbocycles. The van der Waals surface area contributed by atoms with Gasteiger partial charge in [0.2, 0.25) is 0 Å². The van der Waals surface area contributed by atoms with Crippen LogP contribution in [0.1, 0.15) is 24.6 Å². The molecule has 20 heavy (non-hydrogen) atoms. The van der Waals surface area contributed by atoms with Crippen LogP contribution in [-0.4, -0.2) is 28.5 Å². The molecule has 106 valence electrons. The quantitative estimate of drug-likeness (QED) is 0.943. The maximum Gasteiger partial charge on any atom is 0.123 e. The number of thiazole rings is 1. The molecule has 2 N–H and O–H groups in total. The molecule has 0 amide bonds. The predicted octanol–water partition coefficient (Wildman–Crippen LogP) is 3.04. The summed E-state index contributed by atoms with van der Waals surface area (Å²) in [6.45, 7) is 6.32. The van der Waals surface area contributed by atoms with E-state index < -0.39 is 0 Å². The molecule has 4 heteroatoms. The summed E-state index contributed by atoms with van der Waals surface area (Å²) in [4.78, 5) is 7.20. The van der Waals surface area contributed by atoms with E-state index in [1.54, 1.807) is 11.3 Å². The lowest BCUT2D eigenvalue weighted by Gasteiger charge is -2.21. The highest BCUT2D eigenvalue weighted by atomic mass is 32.1. The van der Waals surface area contributed by atoms with E-state index in [1.165, 1.54) is 11.1 Å². The molecule has 2 heterocycles. The normalized spacial score (nSPS) is 23.4. The van der Waals surface area contributed by atoms with Crippen molar-refractivity contribution in [2.24, 2.45) is 5.73 Å². The zero-order valence-electron chi connectivity index (χ0n) is 12.0. The lowest BCUT2D eigenvalue weighted by atomic mass is 10.1. The van der Waals surface area contributed by atoms with Crippen LogP contribution in [0.25, 0.3) is 10.6 Å². The summed E-state index contributed by atoms with van der Waals surface area (Å²) in [7, 11) is 0. The molecule has 1 fully saturated rings. The second-order valence-corrected chi connectivity index (χ2v) is 6.53. The van der Waals surface area contributed by atoms with Crippen LogP contribution in [-0.2, 0) is 6.54 Å². The van der Waals surface area contributed by atoms with Crippen LogP contribution in [0.4, 0.5) is 0 Å². The Bertz CT molecular complexity index is 576. The first-order valence-corrected chi connectivity index (χ1v) is 8.02. The average molecular weight is 287 g/mol. The number of hydrogen-bond donors (Lipinski definition) is 1. The van der Waals surface area contributed by atoms with Crippen LogP contribution in [0.5, 0.6) is 0 Å². The van der Waals surface area contributed by atoms with E-state index in [9.17, 15) is 0 Å². The SMILES string of the molecule is Cc1ccc(-c2nc(CN3CCC(N)C3C)cs2)cc1. The Labute approximate surface area is 124 Å². The number of nitrogens with two attached hydrogens (primary N) is 1. The fourth-order valence-corrected chi connectivity index (χ4v) is 3.49. The van der Waals surface area contributed by atoms with Gasteiger partial charge in [0.25, 0.3) is 0 Å². The first-order valence-electron chi connectivity index (χ1n) is 7.14. The number of likely N-dealkylation sites (tertiary alicyclic amines) is 1. The molecule has 3 nitrogen and oxygen atoms in total. The molecule has 1 aromatic heterocycles. The molecule has 0 radical (unpaired) electrons. The van der Waals surface area contributed by atoms with Gasteiger partial charge in [-0.3, -0.25) is 4.90 Å². The number of aromatic nitrogens is 1. The highest BCUT2D eigenvalue weighted by molar-refractivity contribution is 7.13. The summed E-state index contributed by atoms with van der Waals surface area (Å²) in [5.41, 5.74) is 9.72. The van der Waals surface area contributed by atoms with Gasteiger partial charge < -0.3 is 5.73 Å². The summed E-state index contributed by atoms with van der Waals surface area (Å²) in [6, 6.07) is 9.33. The van der Waals surface area contributed by atoms with Crippen molar-refractivity contribution in [2.75, 3.05) is 6.54 Å². The van der Waals surface area contributed by atoms with Crippen LogP contribution >= 0.6 is 11.3 Å². The van der Waals surface area contributed by atoms with Crippen LogP contribution in [0, 0.1) is 6.92 Å². The van der Waals surface area contributed by atoms with Gasteiger partial charge in [-0.05, 0) is 20.3 Å². The highest BCUT2D eigenvalue weighted by Crippen LogP contribution is 2.26. The van der Waals surface area contributed by atoms with Crippen molar-refractivity contribution in [2.45, 2.75) is 38.9 Å². The minimum atomic E-state index is 0.310. The van der Waals surface area contributed by atoms with E-state index >= 15 is 0 Å². The number of nitrogens with zero attached hydrogens (tertiary/aromatic N) is 2. The first kappa shape index (κ1) is 13.7. The van der Waals surface area contributed by atoms with E-state index in [4.69, 9.17) is 10.7 Å². The summed E-state index contributed by atoms with van der Waals surface area (Å²) >= 11 is 1.72. The van der Waals surface area contributed by atoms with Gasteiger partial charge in [-0.1, -0.05) is 29.8 Å². The van der Waals surface area contributed by atoms with E-state index in [0.717, 1.165) is 30.2 Å². The number of rotatable bonds is 3. The largest absolute Gasteiger partial charge is 0.326 e. The molecule has 2 aromatic rings. The fraction of sp³-hybridized carbons (Fsp3) is 0.438. The van der Waals surface area contributed by atoms with Gasteiger partial charge in [-0.15, -0.1) is 11.3 Å². The van der Waals surface area contributed by atoms with Crippen molar-refractivity contribution in [3.63, 3.8) is 0 Å². The van der Waals surface area contributed by atoms with Crippen LogP contribution < -0.4 is 5.73 Å². The third-order valence-corrected chi connectivity index (χ3v) is 5.10. The maximum atomic E-state index is 6.07. The fourth-order valence-electron chi connectivity index (χ4n) is 2.67. The van der Waals surface area contributed by atoms with Gasteiger partial charge in [0.15, 0.2) is 0 Å². The van der Waals surface area contributed by atoms with Gasteiger partial charge in [0.05, 0.1) is 5.69 Å². The summed E-state index contributed by atoms with van der Waals surface area (Å²) < 4.78 is 0. The molecule has 0 spiro atoms. The van der Waals surface area contributed by atoms with Crippen molar-refractivity contribution in [3.8, 4) is 10.6 Å². The minimum Gasteiger partial charge on any atom is -0.326 e. The van der Waals surface area contributed by atoms with Crippen LogP contribution in [0.15, 0.2) is 29.6 Å². The molecule has 3 rings (SSSR count). The lowest BCUT2D eigenvalue weighted by molar-refractivity contribution is 0.249. The van der Waals surface area contributed by atoms with Crippen molar-refractivity contribution < 1.29 is 0 Å². The second kappa shape index (κ2) is 5.64. The molecular weight excluding hydrogens is 266 g/mol. The van der Waals surface area contributed by atoms with Crippen molar-refractivity contribution >= 4 is 11.3 Å². The van der Waals surface area contributed by atoms with Gasteiger partial charge in [0, 0.05) is 36.1 Å². The Morgan fingerprint density at radius 3 is 2.75 bits per heavy atom. The maximum absolute atomic E-state index is 6.07. The van der Waals surface area contributed by atoms with Gasteiger partial charge >= 0.3 is 0 Å². The van der Waals surface area contributed by atoms with Gasteiger partial charge in [-0.25, -0.2) is 4.98 Å². The molecule has 1 aliphatic rings. The number of benzene rings is 1. The molecule has 0 bridgehead atoms. The minimum absolute atomic E-state index is 0.310. The van der Waals surface area contributed by atoms with E-state index in [-0.39, 0.29) is 0 Å². The molecule has 2 atom stereocenters. The van der Waals surface area contributed by atoms with E-state index in [1.807, 2.05) is 0 Å². The van der Waals surface area contributed by atoms with E-state index in [2.05, 4.69) is 48.4 Å². The van der Waals surface area contributed by atoms with E-state index in [0.29, 0.717) is 12.1 Å². The monoisotopic (exact) mass is 287 g/mol. The van der Waals surface area contributed by atoms with Crippen molar-refractivity contribution in [1.29, 1.82) is 0 Å². The first-order chi connectivity index (χ1) is 9.63. The number of aryl methyl sites for hydroxylation is 1. The summed E-state index contributed by atoms with van der Waals surface area (Å²) in [5.74, 6) is 0. The highest BCUT2D eigenvalue weighted by Gasteiger charge is 2.28.